The first-order valence-corrected chi connectivity index (χ1v) is 10.5. The summed E-state index contributed by atoms with van der Waals surface area (Å²) in [6.07, 6.45) is 0. The van der Waals surface area contributed by atoms with Crippen molar-refractivity contribution in [2.24, 2.45) is 0 Å². The fourth-order valence-corrected chi connectivity index (χ4v) is 3.76. The van der Waals surface area contributed by atoms with E-state index in [1.165, 1.54) is 16.8 Å². The number of para-hydroxylation sites is 1. The minimum Gasteiger partial charge on any atom is -0.379 e. The fraction of sp³-hybridized carbons (Fsp3) is 0.292. The molecule has 1 aliphatic heterocycles. The third-order valence-corrected chi connectivity index (χ3v) is 5.45. The van der Waals surface area contributed by atoms with Crippen LogP contribution in [-0.4, -0.2) is 53.4 Å². The second kappa shape index (κ2) is 9.84. The largest absolute Gasteiger partial charge is 0.379 e. The number of rotatable bonds is 6. The molecule has 2 aromatic carbocycles. The molecule has 0 radical (unpaired) electrons. The monoisotopic (exact) mass is 436 g/mol. The molecular weight excluding hydrogens is 411 g/mol. The Bertz CT molecular complexity index is 1140. The van der Waals surface area contributed by atoms with Gasteiger partial charge in [-0.15, -0.1) is 0 Å². The standard InChI is InChI=1S/C24H25FN4O3/c1-17-15-22(30)23(27-29(17)21-10-6-5-9-19(21)25)24(31)26-20(18-7-3-2-4-8-18)16-28-11-13-32-14-12-28/h2-10,15,20H,11-14,16H2,1H3,(H,26,31). The van der Waals surface area contributed by atoms with Crippen LogP contribution in [0.1, 0.15) is 27.8 Å². The van der Waals surface area contributed by atoms with E-state index in [2.05, 4.69) is 15.3 Å². The summed E-state index contributed by atoms with van der Waals surface area (Å²) in [5, 5.41) is 7.17. The highest BCUT2D eigenvalue weighted by Crippen LogP contribution is 2.17. The lowest BCUT2D eigenvalue weighted by Crippen LogP contribution is -2.44. The van der Waals surface area contributed by atoms with Crippen molar-refractivity contribution < 1.29 is 13.9 Å². The van der Waals surface area contributed by atoms with Crippen molar-refractivity contribution in [3.05, 3.63) is 93.7 Å². The highest BCUT2D eigenvalue weighted by Gasteiger charge is 2.23. The number of aryl methyl sites for hydroxylation is 1. The molecule has 0 bridgehead atoms. The van der Waals surface area contributed by atoms with Gasteiger partial charge in [-0.25, -0.2) is 9.07 Å². The lowest BCUT2D eigenvalue weighted by Gasteiger charge is -2.31. The topological polar surface area (TPSA) is 76.5 Å². The molecule has 166 valence electrons. The Balaban J connectivity index is 1.64. The number of benzene rings is 2. The van der Waals surface area contributed by atoms with Gasteiger partial charge in [-0.05, 0) is 24.6 Å². The molecule has 1 aromatic heterocycles. The highest BCUT2D eigenvalue weighted by molar-refractivity contribution is 5.92. The molecule has 0 spiro atoms. The molecule has 7 nitrogen and oxygen atoms in total. The predicted molar refractivity (Wildman–Crippen MR) is 118 cm³/mol. The molecule has 2 heterocycles. The van der Waals surface area contributed by atoms with Crippen LogP contribution in [0.25, 0.3) is 5.69 Å². The molecule has 8 heteroatoms. The van der Waals surface area contributed by atoms with Crippen LogP contribution in [0.3, 0.4) is 0 Å². The summed E-state index contributed by atoms with van der Waals surface area (Å²) in [4.78, 5) is 28.0. The van der Waals surface area contributed by atoms with E-state index in [0.29, 0.717) is 25.5 Å². The van der Waals surface area contributed by atoms with Gasteiger partial charge in [-0.3, -0.25) is 14.5 Å². The number of ether oxygens (including phenoxy) is 1. The zero-order valence-electron chi connectivity index (χ0n) is 17.8. The zero-order chi connectivity index (χ0) is 22.5. The van der Waals surface area contributed by atoms with E-state index in [1.807, 2.05) is 30.3 Å². The number of nitrogens with one attached hydrogen (secondary N) is 1. The van der Waals surface area contributed by atoms with Gasteiger partial charge < -0.3 is 10.1 Å². The Hall–Kier alpha value is -3.36. The predicted octanol–water partition coefficient (Wildman–Crippen LogP) is 2.48. The van der Waals surface area contributed by atoms with Crippen LogP contribution in [0.5, 0.6) is 0 Å². The summed E-state index contributed by atoms with van der Waals surface area (Å²) in [5.41, 5.74) is 0.748. The van der Waals surface area contributed by atoms with Gasteiger partial charge in [0.2, 0.25) is 5.43 Å². The second-order valence-corrected chi connectivity index (χ2v) is 7.71. The summed E-state index contributed by atoms with van der Waals surface area (Å²) < 4.78 is 21.0. The average molecular weight is 436 g/mol. The number of hydrogen-bond acceptors (Lipinski definition) is 5. The first kappa shape index (κ1) is 21.9. The maximum Gasteiger partial charge on any atom is 0.276 e. The van der Waals surface area contributed by atoms with Crippen LogP contribution in [0.4, 0.5) is 4.39 Å². The molecule has 1 atom stereocenters. The average Bonchev–Trinajstić information content (AvgIpc) is 2.80. The number of nitrogens with zero attached hydrogens (tertiary/aromatic N) is 3. The van der Waals surface area contributed by atoms with Gasteiger partial charge in [0.15, 0.2) is 5.69 Å². The van der Waals surface area contributed by atoms with E-state index in [9.17, 15) is 14.0 Å². The fourth-order valence-electron chi connectivity index (χ4n) is 3.76. The smallest absolute Gasteiger partial charge is 0.276 e. The Morgan fingerprint density at radius 1 is 1.12 bits per heavy atom. The van der Waals surface area contributed by atoms with Crippen molar-refractivity contribution in [1.29, 1.82) is 0 Å². The van der Waals surface area contributed by atoms with Crippen LogP contribution in [0.2, 0.25) is 0 Å². The lowest BCUT2D eigenvalue weighted by atomic mass is 10.1. The molecule has 1 saturated heterocycles. The number of hydrogen-bond donors (Lipinski definition) is 1. The molecule has 1 unspecified atom stereocenters. The summed E-state index contributed by atoms with van der Waals surface area (Å²) in [7, 11) is 0. The number of carbonyl (C=O) groups excluding carboxylic acids is 1. The SMILES string of the molecule is Cc1cc(=O)c(C(=O)NC(CN2CCOCC2)c2ccccc2)nn1-c1ccccc1F. The maximum atomic E-state index is 14.3. The van der Waals surface area contributed by atoms with Gasteiger partial charge in [0, 0.05) is 31.4 Å². The van der Waals surface area contributed by atoms with E-state index in [0.717, 1.165) is 18.7 Å². The molecule has 0 saturated carbocycles. The number of amides is 1. The molecule has 0 aliphatic carbocycles. The van der Waals surface area contributed by atoms with E-state index in [-0.39, 0.29) is 17.4 Å². The molecule has 3 aromatic rings. The number of morpholine rings is 1. The molecule has 1 aliphatic rings. The summed E-state index contributed by atoms with van der Waals surface area (Å²) in [5.74, 6) is -1.09. The summed E-state index contributed by atoms with van der Waals surface area (Å²) in [6, 6.07) is 16.6. The minimum atomic E-state index is -0.595. The van der Waals surface area contributed by atoms with Crippen molar-refractivity contribution in [1.82, 2.24) is 20.0 Å². The van der Waals surface area contributed by atoms with E-state index in [4.69, 9.17) is 4.74 Å². The minimum absolute atomic E-state index is 0.173. The maximum absolute atomic E-state index is 14.3. The zero-order valence-corrected chi connectivity index (χ0v) is 17.8. The van der Waals surface area contributed by atoms with Crippen LogP contribution >= 0.6 is 0 Å². The Kier molecular flexibility index (Phi) is 6.72. The first-order valence-electron chi connectivity index (χ1n) is 10.5. The second-order valence-electron chi connectivity index (χ2n) is 7.71. The molecular formula is C24H25FN4O3. The van der Waals surface area contributed by atoms with Crippen LogP contribution in [0.15, 0.2) is 65.5 Å². The van der Waals surface area contributed by atoms with Crippen molar-refractivity contribution >= 4 is 5.91 Å². The Labute approximate surface area is 185 Å². The van der Waals surface area contributed by atoms with Gasteiger partial charge >= 0.3 is 0 Å². The molecule has 1 fully saturated rings. The summed E-state index contributed by atoms with van der Waals surface area (Å²) >= 11 is 0. The quantitative estimate of drug-likeness (QED) is 0.643. The molecule has 1 amide bonds. The van der Waals surface area contributed by atoms with Gasteiger partial charge in [0.25, 0.3) is 5.91 Å². The number of aromatic nitrogens is 2. The molecule has 1 N–H and O–H groups in total. The van der Waals surface area contributed by atoms with Crippen molar-refractivity contribution in [2.75, 3.05) is 32.8 Å². The molecule has 4 rings (SSSR count). The lowest BCUT2D eigenvalue weighted by molar-refractivity contribution is 0.0332. The van der Waals surface area contributed by atoms with Crippen molar-refractivity contribution in [3.63, 3.8) is 0 Å². The van der Waals surface area contributed by atoms with E-state index < -0.39 is 17.2 Å². The number of halogens is 1. The Morgan fingerprint density at radius 3 is 2.53 bits per heavy atom. The van der Waals surface area contributed by atoms with Crippen LogP contribution < -0.4 is 10.7 Å². The van der Waals surface area contributed by atoms with Crippen LogP contribution in [-0.2, 0) is 4.74 Å². The van der Waals surface area contributed by atoms with Gasteiger partial charge in [0.1, 0.15) is 11.5 Å². The van der Waals surface area contributed by atoms with Crippen molar-refractivity contribution in [2.45, 2.75) is 13.0 Å². The molecule has 32 heavy (non-hydrogen) atoms. The van der Waals surface area contributed by atoms with Gasteiger partial charge in [0.05, 0.1) is 19.3 Å². The normalized spacial score (nSPS) is 15.3. The van der Waals surface area contributed by atoms with E-state index in [1.54, 1.807) is 25.1 Å². The number of carbonyl (C=O) groups is 1. The van der Waals surface area contributed by atoms with E-state index >= 15 is 0 Å². The highest BCUT2D eigenvalue weighted by atomic mass is 19.1. The third-order valence-electron chi connectivity index (χ3n) is 5.45. The van der Waals surface area contributed by atoms with Crippen molar-refractivity contribution in [3.8, 4) is 5.69 Å². The van der Waals surface area contributed by atoms with Gasteiger partial charge in [-0.2, -0.15) is 5.10 Å². The summed E-state index contributed by atoms with van der Waals surface area (Å²) in [6.45, 7) is 5.04. The van der Waals surface area contributed by atoms with Gasteiger partial charge in [-0.1, -0.05) is 42.5 Å². The Morgan fingerprint density at radius 2 is 1.81 bits per heavy atom. The third kappa shape index (κ3) is 4.92. The first-order chi connectivity index (χ1) is 15.5. The van der Waals surface area contributed by atoms with Crippen LogP contribution in [0, 0.1) is 12.7 Å².